The van der Waals surface area contributed by atoms with Crippen LogP contribution in [0.2, 0.25) is 0 Å². The van der Waals surface area contributed by atoms with Crippen LogP contribution >= 0.6 is 0 Å². The van der Waals surface area contributed by atoms with Crippen LogP contribution < -0.4 is 11.1 Å². The third kappa shape index (κ3) is 2.59. The number of likely N-dealkylation sites (N-methyl/N-ethyl adjacent to an activating group) is 1. The molecule has 0 saturated heterocycles. The van der Waals surface area contributed by atoms with Crippen LogP contribution in [0.15, 0.2) is 54.8 Å². The van der Waals surface area contributed by atoms with Crippen molar-refractivity contribution in [1.29, 1.82) is 0 Å². The summed E-state index contributed by atoms with van der Waals surface area (Å²) in [5.74, 6) is 0.0580. The Labute approximate surface area is 179 Å². The third-order valence-corrected chi connectivity index (χ3v) is 5.90. The number of phenols is 1. The maximum atomic E-state index is 12.7. The van der Waals surface area contributed by atoms with Gasteiger partial charge in [0.05, 0.1) is 16.3 Å². The fourth-order valence-electron chi connectivity index (χ4n) is 4.39. The van der Waals surface area contributed by atoms with Gasteiger partial charge in [0.25, 0.3) is 11.1 Å². The van der Waals surface area contributed by atoms with Gasteiger partial charge in [-0.25, -0.2) is 0 Å². The van der Waals surface area contributed by atoms with Crippen molar-refractivity contribution in [3.05, 3.63) is 62.7 Å². The maximum Gasteiger partial charge on any atom is 0.262 e. The molecule has 3 aromatic heterocycles. The molecule has 0 radical (unpaired) electrons. The van der Waals surface area contributed by atoms with Gasteiger partial charge in [-0.3, -0.25) is 14.6 Å². The van der Waals surface area contributed by atoms with Crippen LogP contribution in [-0.4, -0.2) is 40.6 Å². The molecule has 6 aromatic rings. The first kappa shape index (κ1) is 18.7. The smallest absolute Gasteiger partial charge is 0.262 e. The van der Waals surface area contributed by atoms with Gasteiger partial charge in [-0.15, -0.1) is 0 Å². The fourth-order valence-corrected chi connectivity index (χ4v) is 4.39. The zero-order valence-electron chi connectivity index (χ0n) is 17.4. The highest BCUT2D eigenvalue weighted by Gasteiger charge is 2.23. The normalized spacial score (nSPS) is 12.3. The van der Waals surface area contributed by atoms with E-state index in [1.165, 1.54) is 0 Å². The summed E-state index contributed by atoms with van der Waals surface area (Å²) in [6.07, 6.45) is 0.846. The lowest BCUT2D eigenvalue weighted by Crippen LogP contribution is -2.14. The molecule has 0 spiro atoms. The lowest BCUT2D eigenvalue weighted by Gasteiger charge is -2.10. The first-order valence-corrected chi connectivity index (χ1v) is 10.2. The van der Waals surface area contributed by atoms with E-state index >= 15 is 0 Å². The summed E-state index contributed by atoms with van der Waals surface area (Å²) in [5.41, 5.74) is 2.87. The minimum atomic E-state index is -0.535. The lowest BCUT2D eigenvalue weighted by atomic mass is 10.1. The highest BCUT2D eigenvalue weighted by molar-refractivity contribution is 6.29. The van der Waals surface area contributed by atoms with E-state index in [9.17, 15) is 14.7 Å². The predicted molar refractivity (Wildman–Crippen MR) is 124 cm³/mol. The molecular formula is C24H19N3O5. The first-order chi connectivity index (χ1) is 15.4. The van der Waals surface area contributed by atoms with E-state index in [0.717, 1.165) is 18.5 Å². The number of rotatable bonds is 3. The van der Waals surface area contributed by atoms with Crippen LogP contribution in [0.4, 0.5) is 0 Å². The molecule has 0 amide bonds. The van der Waals surface area contributed by atoms with E-state index in [0.29, 0.717) is 38.6 Å². The number of aromatic nitrogens is 2. The van der Waals surface area contributed by atoms with Crippen molar-refractivity contribution in [2.75, 3.05) is 20.6 Å². The van der Waals surface area contributed by atoms with Gasteiger partial charge < -0.3 is 23.8 Å². The molecule has 0 bridgehead atoms. The van der Waals surface area contributed by atoms with E-state index < -0.39 is 11.1 Å². The summed E-state index contributed by atoms with van der Waals surface area (Å²) >= 11 is 0. The largest absolute Gasteiger partial charge is 0.508 e. The fraction of sp³-hybridized carbons (Fsp3) is 0.167. The topological polar surface area (TPSA) is 115 Å². The summed E-state index contributed by atoms with van der Waals surface area (Å²) in [5, 5.41) is 11.5. The molecule has 0 aliphatic carbocycles. The summed E-state index contributed by atoms with van der Waals surface area (Å²) < 4.78 is 12.4. The molecule has 3 heterocycles. The van der Waals surface area contributed by atoms with Crippen molar-refractivity contribution in [2.24, 2.45) is 0 Å². The van der Waals surface area contributed by atoms with Crippen LogP contribution in [0.3, 0.4) is 0 Å². The summed E-state index contributed by atoms with van der Waals surface area (Å²) in [7, 11) is 4.04. The number of hydrogen-bond acceptors (Lipinski definition) is 6. The van der Waals surface area contributed by atoms with Crippen molar-refractivity contribution < 1.29 is 13.9 Å². The van der Waals surface area contributed by atoms with Gasteiger partial charge in [-0.1, -0.05) is 6.07 Å². The molecule has 0 fully saturated rings. The molecule has 0 saturated carbocycles. The molecular weight excluding hydrogens is 410 g/mol. The van der Waals surface area contributed by atoms with Crippen molar-refractivity contribution in [1.82, 2.24) is 14.9 Å². The predicted octanol–water partition coefficient (Wildman–Crippen LogP) is 3.82. The van der Waals surface area contributed by atoms with Gasteiger partial charge in [-0.2, -0.15) is 0 Å². The quantitative estimate of drug-likeness (QED) is 0.368. The lowest BCUT2D eigenvalue weighted by molar-refractivity contribution is 0.413. The Morgan fingerprint density at radius 1 is 0.875 bits per heavy atom. The Bertz CT molecular complexity index is 1820. The second-order valence-electron chi connectivity index (χ2n) is 8.33. The number of benzene rings is 3. The molecule has 0 unspecified atom stereocenters. The molecule has 32 heavy (non-hydrogen) atoms. The number of fused-ring (bicyclic) bond motifs is 9. The van der Waals surface area contributed by atoms with Crippen LogP contribution in [0.25, 0.3) is 54.9 Å². The average Bonchev–Trinajstić information content (AvgIpc) is 3.27. The molecule has 0 atom stereocenters. The average molecular weight is 429 g/mol. The molecule has 0 aliphatic heterocycles. The summed E-state index contributed by atoms with van der Waals surface area (Å²) in [6, 6.07) is 10.5. The Kier molecular flexibility index (Phi) is 3.79. The highest BCUT2D eigenvalue weighted by atomic mass is 16.4. The molecule has 160 valence electrons. The first-order valence-electron chi connectivity index (χ1n) is 10.2. The summed E-state index contributed by atoms with van der Waals surface area (Å²) in [6.45, 7) is 0.891. The van der Waals surface area contributed by atoms with Crippen LogP contribution in [0, 0.1) is 0 Å². The Morgan fingerprint density at radius 2 is 1.66 bits per heavy atom. The van der Waals surface area contributed by atoms with Crippen molar-refractivity contribution >= 4 is 54.9 Å². The highest BCUT2D eigenvalue weighted by Crippen LogP contribution is 2.39. The van der Waals surface area contributed by atoms with Crippen LogP contribution in [0.5, 0.6) is 5.75 Å². The van der Waals surface area contributed by atoms with E-state index in [4.69, 9.17) is 8.83 Å². The van der Waals surface area contributed by atoms with Gasteiger partial charge in [0, 0.05) is 22.8 Å². The molecule has 8 heteroatoms. The minimum absolute atomic E-state index is 0.0580. The van der Waals surface area contributed by atoms with Gasteiger partial charge >= 0.3 is 0 Å². The maximum absolute atomic E-state index is 12.7. The number of phenolic OH excluding ortho intramolecular Hbond substituents is 1. The van der Waals surface area contributed by atoms with Gasteiger partial charge in [0.2, 0.25) is 0 Å². The Balaban J connectivity index is 1.79. The Hall–Kier alpha value is -4.04. The van der Waals surface area contributed by atoms with E-state index in [2.05, 4.69) is 14.9 Å². The second kappa shape index (κ2) is 6.48. The molecule has 8 nitrogen and oxygen atoms in total. The van der Waals surface area contributed by atoms with Gasteiger partial charge in [0.1, 0.15) is 5.75 Å². The van der Waals surface area contributed by atoms with E-state index in [-0.39, 0.29) is 22.1 Å². The van der Waals surface area contributed by atoms with Crippen LogP contribution in [0.1, 0.15) is 5.56 Å². The minimum Gasteiger partial charge on any atom is -0.508 e. The number of aromatic hydroxyl groups is 1. The number of hydrogen-bond donors (Lipinski definition) is 3. The van der Waals surface area contributed by atoms with Crippen molar-refractivity contribution in [3.8, 4) is 5.75 Å². The zero-order valence-corrected chi connectivity index (χ0v) is 17.4. The number of nitrogens with one attached hydrogen (secondary N) is 2. The second-order valence-corrected chi connectivity index (χ2v) is 8.33. The van der Waals surface area contributed by atoms with E-state index in [1.807, 2.05) is 32.3 Å². The molecule has 0 aliphatic rings. The zero-order chi connectivity index (χ0) is 22.1. The summed E-state index contributed by atoms with van der Waals surface area (Å²) in [4.78, 5) is 33.1. The third-order valence-electron chi connectivity index (χ3n) is 5.90. The van der Waals surface area contributed by atoms with Gasteiger partial charge in [-0.05, 0) is 56.4 Å². The number of H-pyrrole nitrogens is 2. The number of aromatic amines is 2. The standard InChI is InChI=1S/C24H19N3O5/c1-27(2)8-7-11-3-6-15-16(9-11)32-22-20-17(13-10-12(28)4-5-14(13)25-20)18-19(21(22)31-15)24(30)26-23(18)29/h3-6,9-10,25,28H,7-8H2,1-2H3,(H,26,29,30). The van der Waals surface area contributed by atoms with Crippen LogP contribution in [-0.2, 0) is 6.42 Å². The SMILES string of the molecule is CN(C)CCc1ccc2oc3c(oc2c1)c1[nH]c2ccc(O)cc2c1c1c(=O)[nH]c(=O)c31. The van der Waals surface area contributed by atoms with Crippen molar-refractivity contribution in [2.45, 2.75) is 6.42 Å². The Morgan fingerprint density at radius 3 is 2.47 bits per heavy atom. The number of nitrogens with zero attached hydrogens (tertiary/aromatic N) is 1. The van der Waals surface area contributed by atoms with E-state index in [1.54, 1.807) is 18.2 Å². The monoisotopic (exact) mass is 429 g/mol. The molecule has 3 N–H and O–H groups in total. The molecule has 6 rings (SSSR count). The van der Waals surface area contributed by atoms with Gasteiger partial charge in [0.15, 0.2) is 22.3 Å². The van der Waals surface area contributed by atoms with Crippen molar-refractivity contribution in [3.63, 3.8) is 0 Å². The molecule has 3 aromatic carbocycles.